The summed E-state index contributed by atoms with van der Waals surface area (Å²) in [6, 6.07) is 6.92. The van der Waals surface area contributed by atoms with E-state index in [1.54, 1.807) is 24.3 Å². The normalized spacial score (nSPS) is 9.95. The number of methoxy groups -OCH3 is 1. The van der Waals surface area contributed by atoms with Crippen LogP contribution in [0.25, 0.3) is 0 Å². The van der Waals surface area contributed by atoms with Crippen molar-refractivity contribution in [3.63, 3.8) is 0 Å². The number of esters is 1. The summed E-state index contributed by atoms with van der Waals surface area (Å²) >= 11 is 0. The van der Waals surface area contributed by atoms with Crippen LogP contribution in [0.2, 0.25) is 0 Å². The van der Waals surface area contributed by atoms with Gasteiger partial charge in [0, 0.05) is 0 Å². The van der Waals surface area contributed by atoms with E-state index in [0.717, 1.165) is 0 Å². The zero-order valence-corrected chi connectivity index (χ0v) is 11.2. The Bertz CT molecular complexity index is 614. The highest BCUT2D eigenvalue weighted by Gasteiger charge is 2.11. The van der Waals surface area contributed by atoms with Gasteiger partial charge in [0.15, 0.2) is 6.61 Å². The lowest BCUT2D eigenvalue weighted by atomic mass is 10.3. The average Bonchev–Trinajstić information content (AvgIpc) is 2.98. The van der Waals surface area contributed by atoms with Gasteiger partial charge in [-0.05, 0) is 22.6 Å². The molecule has 0 aliphatic carbocycles. The molecule has 0 bridgehead atoms. The number of nitrogens with one attached hydrogen (secondary N) is 1. The van der Waals surface area contributed by atoms with Gasteiger partial charge in [-0.3, -0.25) is 9.59 Å². The number of anilines is 1. The number of carbonyl (C=O) groups is 2. The Labute approximate surface area is 119 Å². The Morgan fingerprint density at radius 1 is 1.33 bits per heavy atom. The van der Waals surface area contributed by atoms with E-state index < -0.39 is 18.5 Å². The lowest BCUT2D eigenvalue weighted by Crippen LogP contribution is -2.23. The summed E-state index contributed by atoms with van der Waals surface area (Å²) in [6.07, 6.45) is 1.27. The Morgan fingerprint density at radius 3 is 2.86 bits per heavy atom. The summed E-state index contributed by atoms with van der Waals surface area (Å²) in [5, 5.41) is 12.9. The van der Waals surface area contributed by atoms with E-state index in [0.29, 0.717) is 11.4 Å². The molecule has 0 fully saturated rings. The van der Waals surface area contributed by atoms with Gasteiger partial charge in [0.25, 0.3) is 5.91 Å². The number of ether oxygens (including phenoxy) is 2. The summed E-state index contributed by atoms with van der Waals surface area (Å²) in [6.45, 7) is -0.562. The van der Waals surface area contributed by atoms with Gasteiger partial charge in [-0.15, -0.1) is 5.10 Å². The molecule has 1 aromatic carbocycles. The summed E-state index contributed by atoms with van der Waals surface area (Å²) in [4.78, 5) is 23.1. The van der Waals surface area contributed by atoms with E-state index in [-0.39, 0.29) is 6.54 Å². The number of para-hydroxylation sites is 2. The molecule has 110 valence electrons. The number of rotatable bonds is 6. The molecule has 0 aliphatic rings. The lowest BCUT2D eigenvalue weighted by molar-refractivity contribution is -0.148. The van der Waals surface area contributed by atoms with Gasteiger partial charge in [0.05, 0.1) is 12.8 Å². The maximum atomic E-state index is 11.7. The first-order valence-corrected chi connectivity index (χ1v) is 5.98. The molecule has 1 amide bonds. The van der Waals surface area contributed by atoms with E-state index in [1.807, 2.05) is 0 Å². The van der Waals surface area contributed by atoms with Crippen LogP contribution in [0.15, 0.2) is 30.6 Å². The van der Waals surface area contributed by atoms with Gasteiger partial charge in [0.2, 0.25) is 0 Å². The van der Waals surface area contributed by atoms with E-state index in [9.17, 15) is 9.59 Å². The van der Waals surface area contributed by atoms with Crippen molar-refractivity contribution >= 4 is 17.6 Å². The van der Waals surface area contributed by atoms with Crippen molar-refractivity contribution in [1.82, 2.24) is 20.2 Å². The second-order valence-electron chi connectivity index (χ2n) is 3.92. The number of hydrogen-bond acceptors (Lipinski definition) is 7. The van der Waals surface area contributed by atoms with Crippen molar-refractivity contribution in [2.45, 2.75) is 6.54 Å². The molecule has 0 saturated heterocycles. The van der Waals surface area contributed by atoms with Gasteiger partial charge in [-0.25, -0.2) is 4.68 Å². The van der Waals surface area contributed by atoms with E-state index in [1.165, 1.54) is 18.1 Å². The Kier molecular flexibility index (Phi) is 4.80. The molecule has 2 rings (SSSR count). The number of amides is 1. The fourth-order valence-electron chi connectivity index (χ4n) is 1.51. The van der Waals surface area contributed by atoms with Gasteiger partial charge < -0.3 is 14.8 Å². The molecule has 9 heteroatoms. The third kappa shape index (κ3) is 4.27. The van der Waals surface area contributed by atoms with Gasteiger partial charge in [-0.2, -0.15) is 0 Å². The second kappa shape index (κ2) is 6.98. The maximum absolute atomic E-state index is 11.7. The van der Waals surface area contributed by atoms with Crippen LogP contribution >= 0.6 is 0 Å². The maximum Gasteiger partial charge on any atom is 0.328 e. The number of carbonyl (C=O) groups excluding carboxylic acids is 2. The number of nitrogens with zero attached hydrogens (tertiary/aromatic N) is 4. The third-order valence-electron chi connectivity index (χ3n) is 2.43. The SMILES string of the molecule is COc1ccccc1NC(=O)COC(=O)Cn1cnnn1. The largest absolute Gasteiger partial charge is 0.495 e. The lowest BCUT2D eigenvalue weighted by Gasteiger charge is -2.09. The van der Waals surface area contributed by atoms with Crippen molar-refractivity contribution in [3.8, 4) is 5.75 Å². The highest BCUT2D eigenvalue weighted by atomic mass is 16.5. The highest BCUT2D eigenvalue weighted by molar-refractivity contribution is 5.94. The summed E-state index contributed by atoms with van der Waals surface area (Å²) in [5.41, 5.74) is 0.501. The standard InChI is InChI=1S/C12H13N5O4/c1-20-10-5-3-2-4-9(10)14-11(18)7-21-12(19)6-17-8-13-15-16-17/h2-5,8H,6-7H2,1H3,(H,14,18). The van der Waals surface area contributed by atoms with Crippen molar-refractivity contribution in [1.29, 1.82) is 0 Å². The Morgan fingerprint density at radius 2 is 2.14 bits per heavy atom. The Hall–Kier alpha value is -2.97. The quantitative estimate of drug-likeness (QED) is 0.738. The third-order valence-corrected chi connectivity index (χ3v) is 2.43. The van der Waals surface area contributed by atoms with Gasteiger partial charge in [-0.1, -0.05) is 12.1 Å². The highest BCUT2D eigenvalue weighted by Crippen LogP contribution is 2.22. The number of hydrogen-bond donors (Lipinski definition) is 1. The zero-order valence-electron chi connectivity index (χ0n) is 11.2. The summed E-state index contributed by atoms with van der Waals surface area (Å²) in [7, 11) is 1.50. The molecule has 9 nitrogen and oxygen atoms in total. The molecule has 0 unspecified atom stereocenters. The molecule has 0 spiro atoms. The molecule has 2 aromatic rings. The molecule has 0 saturated carbocycles. The number of aromatic nitrogens is 4. The van der Waals surface area contributed by atoms with Crippen LogP contribution < -0.4 is 10.1 Å². The average molecular weight is 291 g/mol. The van der Waals surface area contributed by atoms with Crippen LogP contribution in [0.3, 0.4) is 0 Å². The fraction of sp³-hybridized carbons (Fsp3) is 0.250. The Balaban J connectivity index is 1.80. The molecule has 1 heterocycles. The smallest absolute Gasteiger partial charge is 0.328 e. The summed E-state index contributed by atoms with van der Waals surface area (Å²) < 4.78 is 11.1. The molecule has 0 atom stereocenters. The number of benzene rings is 1. The van der Waals surface area contributed by atoms with E-state index in [4.69, 9.17) is 9.47 Å². The van der Waals surface area contributed by atoms with Crippen molar-refractivity contribution in [3.05, 3.63) is 30.6 Å². The van der Waals surface area contributed by atoms with Gasteiger partial charge >= 0.3 is 5.97 Å². The van der Waals surface area contributed by atoms with Crippen molar-refractivity contribution < 1.29 is 19.1 Å². The molecule has 1 aromatic heterocycles. The minimum absolute atomic E-state index is 0.158. The minimum atomic E-state index is -0.613. The second-order valence-corrected chi connectivity index (χ2v) is 3.92. The topological polar surface area (TPSA) is 108 Å². The van der Waals surface area contributed by atoms with Crippen LogP contribution in [0.1, 0.15) is 0 Å². The minimum Gasteiger partial charge on any atom is -0.495 e. The predicted molar refractivity (Wildman–Crippen MR) is 70.4 cm³/mol. The molecular weight excluding hydrogens is 278 g/mol. The monoisotopic (exact) mass is 291 g/mol. The predicted octanol–water partition coefficient (Wildman–Crippen LogP) is -0.136. The van der Waals surface area contributed by atoms with Crippen molar-refractivity contribution in [2.24, 2.45) is 0 Å². The van der Waals surface area contributed by atoms with Crippen LogP contribution in [0.4, 0.5) is 5.69 Å². The summed E-state index contributed by atoms with van der Waals surface area (Å²) in [5.74, 6) is -0.562. The van der Waals surface area contributed by atoms with Crippen LogP contribution in [0, 0.1) is 0 Å². The first-order valence-electron chi connectivity index (χ1n) is 5.98. The molecule has 0 aliphatic heterocycles. The van der Waals surface area contributed by atoms with Crippen LogP contribution in [-0.4, -0.2) is 45.8 Å². The first kappa shape index (κ1) is 14.4. The first-order chi connectivity index (χ1) is 10.2. The van der Waals surface area contributed by atoms with Gasteiger partial charge in [0.1, 0.15) is 18.6 Å². The van der Waals surface area contributed by atoms with Crippen LogP contribution in [-0.2, 0) is 20.9 Å². The molecule has 1 N–H and O–H groups in total. The fourth-order valence-corrected chi connectivity index (χ4v) is 1.51. The zero-order chi connectivity index (χ0) is 15.1. The van der Waals surface area contributed by atoms with Crippen LogP contribution in [0.5, 0.6) is 5.75 Å². The number of tetrazole rings is 1. The van der Waals surface area contributed by atoms with E-state index in [2.05, 4.69) is 20.8 Å². The molecule has 21 heavy (non-hydrogen) atoms. The van der Waals surface area contributed by atoms with E-state index >= 15 is 0 Å². The molecule has 0 radical (unpaired) electrons. The van der Waals surface area contributed by atoms with Crippen molar-refractivity contribution in [2.75, 3.05) is 19.0 Å². The molecular formula is C12H13N5O4.